The zero-order valence-corrected chi connectivity index (χ0v) is 10.4. The Morgan fingerprint density at radius 1 is 1.22 bits per heavy atom. The Labute approximate surface area is 103 Å². The van der Waals surface area contributed by atoms with E-state index in [9.17, 15) is 22.8 Å². The second-order valence-corrected chi connectivity index (χ2v) is 4.88. The maximum Gasteiger partial charge on any atom is 0.471 e. The summed E-state index contributed by atoms with van der Waals surface area (Å²) < 4.78 is 37.4. The van der Waals surface area contributed by atoms with Gasteiger partial charge in [-0.25, -0.2) is 0 Å². The van der Waals surface area contributed by atoms with Gasteiger partial charge in [-0.1, -0.05) is 6.92 Å². The van der Waals surface area contributed by atoms with Crippen molar-refractivity contribution in [3.05, 3.63) is 0 Å². The molecule has 104 valence electrons. The number of likely N-dealkylation sites (tertiary alicyclic amines) is 1. The fraction of sp³-hybridized carbons (Fsp3) is 0.818. The van der Waals surface area contributed by atoms with Gasteiger partial charge in [0.2, 0.25) is 0 Å². The van der Waals surface area contributed by atoms with Crippen molar-refractivity contribution >= 4 is 11.9 Å². The van der Waals surface area contributed by atoms with E-state index in [1.807, 2.05) is 0 Å². The lowest BCUT2D eigenvalue weighted by Gasteiger charge is -2.45. The number of alkyl halides is 3. The first-order valence-corrected chi connectivity index (χ1v) is 5.69. The van der Waals surface area contributed by atoms with Crippen molar-refractivity contribution in [2.45, 2.75) is 45.5 Å². The van der Waals surface area contributed by atoms with Crippen LogP contribution in [0.5, 0.6) is 0 Å². The van der Waals surface area contributed by atoms with E-state index < -0.39 is 36.1 Å². The smallest absolute Gasteiger partial charge is 0.471 e. The van der Waals surface area contributed by atoms with Gasteiger partial charge in [-0.2, -0.15) is 13.2 Å². The number of carboxylic acid groups (broad SMARTS) is 1. The van der Waals surface area contributed by atoms with Crippen molar-refractivity contribution in [3.8, 4) is 0 Å². The lowest BCUT2D eigenvalue weighted by Crippen LogP contribution is -2.59. The molecule has 0 aromatic carbocycles. The van der Waals surface area contributed by atoms with Crippen LogP contribution in [0.15, 0.2) is 0 Å². The molecule has 4 atom stereocenters. The number of amides is 1. The molecule has 1 aliphatic heterocycles. The van der Waals surface area contributed by atoms with Gasteiger partial charge >= 0.3 is 18.1 Å². The SMILES string of the molecule is CC1CC(C)N(C(=O)C(F)(F)F)C(C)C1C(=O)O. The van der Waals surface area contributed by atoms with E-state index in [0.717, 1.165) is 0 Å². The molecule has 7 heteroatoms. The summed E-state index contributed by atoms with van der Waals surface area (Å²) in [5.41, 5.74) is 0. The van der Waals surface area contributed by atoms with Crippen molar-refractivity contribution in [2.75, 3.05) is 0 Å². The molecule has 1 fully saturated rings. The van der Waals surface area contributed by atoms with Crippen LogP contribution in [0.25, 0.3) is 0 Å². The van der Waals surface area contributed by atoms with E-state index in [0.29, 0.717) is 4.90 Å². The van der Waals surface area contributed by atoms with Crippen molar-refractivity contribution in [1.82, 2.24) is 4.90 Å². The molecule has 18 heavy (non-hydrogen) atoms. The first-order chi connectivity index (χ1) is 8.07. The number of aliphatic carboxylic acids is 1. The highest BCUT2D eigenvalue weighted by Gasteiger charge is 2.50. The van der Waals surface area contributed by atoms with E-state index in [2.05, 4.69) is 0 Å². The van der Waals surface area contributed by atoms with Gasteiger partial charge in [-0.15, -0.1) is 0 Å². The first kappa shape index (κ1) is 14.8. The summed E-state index contributed by atoms with van der Waals surface area (Å²) in [6.07, 6.45) is -4.71. The molecule has 1 amide bonds. The number of carbonyl (C=O) groups is 2. The molecule has 1 N–H and O–H groups in total. The van der Waals surface area contributed by atoms with Crippen molar-refractivity contribution in [3.63, 3.8) is 0 Å². The lowest BCUT2D eigenvalue weighted by molar-refractivity contribution is -0.195. The van der Waals surface area contributed by atoms with Crippen molar-refractivity contribution in [1.29, 1.82) is 0 Å². The van der Waals surface area contributed by atoms with Crippen LogP contribution >= 0.6 is 0 Å². The summed E-state index contributed by atoms with van der Waals surface area (Å²) in [7, 11) is 0. The Kier molecular flexibility index (Phi) is 3.92. The Morgan fingerprint density at radius 2 is 1.72 bits per heavy atom. The highest BCUT2D eigenvalue weighted by molar-refractivity contribution is 5.83. The third-order valence-electron chi connectivity index (χ3n) is 3.52. The third-order valence-corrected chi connectivity index (χ3v) is 3.52. The monoisotopic (exact) mass is 267 g/mol. The molecule has 1 aliphatic rings. The standard InChI is InChI=1S/C11H16F3NO3/c1-5-4-6(2)15(10(18)11(12,13)14)7(3)8(5)9(16)17/h5-8H,4H2,1-3H3,(H,16,17). The normalized spacial score (nSPS) is 33.3. The van der Waals surface area contributed by atoms with Crippen molar-refractivity contribution in [2.24, 2.45) is 11.8 Å². The number of carbonyl (C=O) groups excluding carboxylic acids is 1. The van der Waals surface area contributed by atoms with E-state index in [1.165, 1.54) is 13.8 Å². The molecule has 4 unspecified atom stereocenters. The van der Waals surface area contributed by atoms with E-state index >= 15 is 0 Å². The van der Waals surface area contributed by atoms with Gasteiger partial charge in [0.1, 0.15) is 0 Å². The molecule has 4 nitrogen and oxygen atoms in total. The number of piperidine rings is 1. The second kappa shape index (κ2) is 4.78. The van der Waals surface area contributed by atoms with Crippen LogP contribution in [0, 0.1) is 11.8 Å². The summed E-state index contributed by atoms with van der Waals surface area (Å²) >= 11 is 0. The van der Waals surface area contributed by atoms with E-state index in [-0.39, 0.29) is 12.3 Å². The maximum absolute atomic E-state index is 12.5. The van der Waals surface area contributed by atoms with E-state index in [1.54, 1.807) is 6.92 Å². The van der Waals surface area contributed by atoms with Crippen LogP contribution in [-0.4, -0.2) is 40.1 Å². The Hall–Kier alpha value is -1.27. The Morgan fingerprint density at radius 3 is 2.11 bits per heavy atom. The van der Waals surface area contributed by atoms with Crippen LogP contribution < -0.4 is 0 Å². The Bertz CT molecular complexity index is 356. The highest BCUT2D eigenvalue weighted by Crippen LogP contribution is 2.35. The van der Waals surface area contributed by atoms with Gasteiger partial charge in [0, 0.05) is 12.1 Å². The number of halogens is 3. The largest absolute Gasteiger partial charge is 0.481 e. The summed E-state index contributed by atoms with van der Waals surface area (Å²) in [6.45, 7) is 4.55. The highest BCUT2D eigenvalue weighted by atomic mass is 19.4. The Balaban J connectivity index is 3.04. The van der Waals surface area contributed by atoms with Gasteiger partial charge in [0.15, 0.2) is 0 Å². The lowest BCUT2D eigenvalue weighted by atomic mass is 9.78. The minimum absolute atomic E-state index is 0.253. The van der Waals surface area contributed by atoms with Gasteiger partial charge in [0.25, 0.3) is 0 Å². The quantitative estimate of drug-likeness (QED) is 0.789. The summed E-state index contributed by atoms with van der Waals surface area (Å²) in [5.74, 6) is -4.35. The van der Waals surface area contributed by atoms with Crippen molar-refractivity contribution < 1.29 is 27.9 Å². The van der Waals surface area contributed by atoms with Crippen LogP contribution in [0.4, 0.5) is 13.2 Å². The third kappa shape index (κ3) is 2.59. The zero-order chi connectivity index (χ0) is 14.2. The second-order valence-electron chi connectivity index (χ2n) is 4.88. The molecule has 1 rings (SSSR count). The minimum Gasteiger partial charge on any atom is -0.481 e. The van der Waals surface area contributed by atoms with Gasteiger partial charge < -0.3 is 10.0 Å². The summed E-state index contributed by atoms with van der Waals surface area (Å²) in [5, 5.41) is 9.05. The van der Waals surface area contributed by atoms with Crippen LogP contribution in [0.2, 0.25) is 0 Å². The number of rotatable bonds is 1. The van der Waals surface area contributed by atoms with Gasteiger partial charge in [-0.3, -0.25) is 9.59 Å². The van der Waals surface area contributed by atoms with Gasteiger partial charge in [-0.05, 0) is 26.2 Å². The van der Waals surface area contributed by atoms with E-state index in [4.69, 9.17) is 5.11 Å². The predicted molar refractivity (Wildman–Crippen MR) is 56.7 cm³/mol. The summed E-state index contributed by atoms with van der Waals surface area (Å²) in [6, 6.07) is -1.57. The van der Waals surface area contributed by atoms with Gasteiger partial charge in [0.05, 0.1) is 5.92 Å². The number of hydrogen-bond acceptors (Lipinski definition) is 2. The molecule has 0 saturated carbocycles. The molecule has 0 bridgehead atoms. The molecule has 0 aromatic rings. The topological polar surface area (TPSA) is 57.6 Å². The predicted octanol–water partition coefficient (Wildman–Crippen LogP) is 1.89. The zero-order valence-electron chi connectivity index (χ0n) is 10.4. The maximum atomic E-state index is 12.5. The molecule has 0 aromatic heterocycles. The molecule has 1 heterocycles. The molecule has 0 radical (unpaired) electrons. The van der Waals surface area contributed by atoms with Crippen LogP contribution in [-0.2, 0) is 9.59 Å². The average molecular weight is 267 g/mol. The molecular formula is C11H16F3NO3. The number of hydrogen-bond donors (Lipinski definition) is 1. The van der Waals surface area contributed by atoms with Crippen LogP contribution in [0.1, 0.15) is 27.2 Å². The summed E-state index contributed by atoms with van der Waals surface area (Å²) in [4.78, 5) is 23.1. The molecule has 0 aliphatic carbocycles. The number of nitrogens with zero attached hydrogens (tertiary/aromatic N) is 1. The first-order valence-electron chi connectivity index (χ1n) is 5.69. The van der Waals surface area contributed by atoms with Crippen LogP contribution in [0.3, 0.4) is 0 Å². The fourth-order valence-corrected chi connectivity index (χ4v) is 2.83. The molecular weight excluding hydrogens is 251 g/mol. The minimum atomic E-state index is -4.97. The number of carboxylic acids is 1. The fourth-order valence-electron chi connectivity index (χ4n) is 2.83. The average Bonchev–Trinajstić information content (AvgIpc) is 2.13. The molecule has 1 saturated heterocycles. The molecule has 0 spiro atoms.